The Hall–Kier alpha value is -2.75. The number of H-pyrrole nitrogens is 1. The third-order valence-corrected chi connectivity index (χ3v) is 3.99. The average molecular weight is 344 g/mol. The van der Waals surface area contributed by atoms with Crippen molar-refractivity contribution in [3.05, 3.63) is 30.1 Å². The number of anilines is 1. The quantitative estimate of drug-likeness (QED) is 0.651. The van der Waals surface area contributed by atoms with Crippen LogP contribution in [0.1, 0.15) is 12.7 Å². The lowest BCUT2D eigenvalue weighted by atomic mass is 10.2. The number of aromatic amines is 1. The highest BCUT2D eigenvalue weighted by atomic mass is 32.2. The number of nitrogens with one attached hydrogen (secondary N) is 2. The van der Waals surface area contributed by atoms with E-state index < -0.39 is 0 Å². The Bertz CT molecular complexity index is 843. The third kappa shape index (κ3) is 3.77. The Balaban J connectivity index is 1.65. The first-order valence-electron chi connectivity index (χ1n) is 7.34. The van der Waals surface area contributed by atoms with Crippen molar-refractivity contribution in [2.24, 2.45) is 0 Å². The van der Waals surface area contributed by atoms with Gasteiger partial charge in [-0.3, -0.25) is 9.89 Å². The molecule has 2 N–H and O–H groups in total. The van der Waals surface area contributed by atoms with Crippen LogP contribution in [0.4, 0.5) is 5.69 Å². The molecule has 0 aliphatic carbocycles. The van der Waals surface area contributed by atoms with Crippen LogP contribution in [0.5, 0.6) is 0 Å². The van der Waals surface area contributed by atoms with Gasteiger partial charge in [0.15, 0.2) is 5.82 Å². The van der Waals surface area contributed by atoms with Gasteiger partial charge in [-0.1, -0.05) is 23.9 Å². The number of carbonyl (C=O) groups is 1. The molecule has 24 heavy (non-hydrogen) atoms. The lowest BCUT2D eigenvalue weighted by Crippen LogP contribution is -2.14. The predicted octanol–water partition coefficient (Wildman–Crippen LogP) is 1.52. The van der Waals surface area contributed by atoms with E-state index in [0.717, 1.165) is 11.4 Å². The molecule has 2 heterocycles. The molecule has 0 bridgehead atoms. The van der Waals surface area contributed by atoms with E-state index in [0.29, 0.717) is 23.2 Å². The van der Waals surface area contributed by atoms with Gasteiger partial charge in [-0.05, 0) is 36.4 Å². The molecule has 1 amide bonds. The lowest BCUT2D eigenvalue weighted by Gasteiger charge is -2.07. The monoisotopic (exact) mass is 344 g/mol. The van der Waals surface area contributed by atoms with Gasteiger partial charge >= 0.3 is 0 Å². The van der Waals surface area contributed by atoms with Crippen molar-refractivity contribution in [2.45, 2.75) is 25.5 Å². The molecule has 0 aliphatic heterocycles. The van der Waals surface area contributed by atoms with Crippen molar-refractivity contribution in [1.82, 2.24) is 35.4 Å². The van der Waals surface area contributed by atoms with E-state index in [4.69, 9.17) is 0 Å². The van der Waals surface area contributed by atoms with Crippen molar-refractivity contribution in [2.75, 3.05) is 11.1 Å². The molecule has 0 aliphatic rings. The molecule has 0 saturated carbocycles. The van der Waals surface area contributed by atoms with Gasteiger partial charge in [0, 0.05) is 17.8 Å². The van der Waals surface area contributed by atoms with Gasteiger partial charge in [-0.25, -0.2) is 9.67 Å². The summed E-state index contributed by atoms with van der Waals surface area (Å²) in [6, 6.07) is 7.42. The summed E-state index contributed by atoms with van der Waals surface area (Å²) in [7, 11) is 0. The Kier molecular flexibility index (Phi) is 4.85. The molecule has 0 radical (unpaired) electrons. The number of thioether (sulfide) groups is 1. The molecule has 124 valence electrons. The van der Waals surface area contributed by atoms with Gasteiger partial charge in [0.05, 0.1) is 5.75 Å². The lowest BCUT2D eigenvalue weighted by molar-refractivity contribution is -0.113. The number of benzene rings is 1. The fraction of sp³-hybridized carbons (Fsp3) is 0.286. The van der Waals surface area contributed by atoms with E-state index in [2.05, 4.69) is 36.0 Å². The van der Waals surface area contributed by atoms with Crippen molar-refractivity contribution in [3.8, 4) is 11.4 Å². The van der Waals surface area contributed by atoms with Gasteiger partial charge in [0.2, 0.25) is 11.1 Å². The Morgan fingerprint density at radius 2 is 2.29 bits per heavy atom. The molecule has 3 rings (SSSR count). The second-order valence-corrected chi connectivity index (χ2v) is 5.88. The molecule has 0 unspecified atom stereocenters. The number of aromatic nitrogens is 7. The number of tetrazole rings is 1. The van der Waals surface area contributed by atoms with Crippen LogP contribution in [0.3, 0.4) is 0 Å². The zero-order valence-corrected chi connectivity index (χ0v) is 14.0. The fourth-order valence-electron chi connectivity index (χ4n) is 2.07. The van der Waals surface area contributed by atoms with Gasteiger partial charge in [-0.2, -0.15) is 0 Å². The summed E-state index contributed by atoms with van der Waals surface area (Å²) >= 11 is 1.27. The Morgan fingerprint density at radius 3 is 3.04 bits per heavy atom. The number of aryl methyl sites for hydroxylation is 2. The summed E-state index contributed by atoms with van der Waals surface area (Å²) in [6.45, 7) is 4.45. The second kappa shape index (κ2) is 7.21. The maximum Gasteiger partial charge on any atom is 0.234 e. The molecule has 9 nitrogen and oxygen atoms in total. The molecule has 1 aromatic carbocycles. The van der Waals surface area contributed by atoms with E-state index in [1.165, 1.54) is 11.8 Å². The summed E-state index contributed by atoms with van der Waals surface area (Å²) in [6.07, 6.45) is 0. The van der Waals surface area contributed by atoms with Crippen LogP contribution in [-0.4, -0.2) is 47.0 Å². The molecule has 3 aromatic rings. The molecule has 2 aromatic heterocycles. The number of hydrogen-bond donors (Lipinski definition) is 2. The number of hydrogen-bond acceptors (Lipinski definition) is 7. The molecular formula is C14H16N8OS. The van der Waals surface area contributed by atoms with Crippen molar-refractivity contribution >= 4 is 23.4 Å². The number of carbonyl (C=O) groups excluding carboxylic acids is 1. The van der Waals surface area contributed by atoms with Gasteiger partial charge in [-0.15, -0.1) is 10.2 Å². The Labute approximate surface area is 142 Å². The highest BCUT2D eigenvalue weighted by Gasteiger charge is 2.10. The first-order valence-corrected chi connectivity index (χ1v) is 8.32. The fourth-order valence-corrected chi connectivity index (χ4v) is 2.72. The summed E-state index contributed by atoms with van der Waals surface area (Å²) in [5.41, 5.74) is 1.53. The van der Waals surface area contributed by atoms with Crippen LogP contribution in [-0.2, 0) is 11.3 Å². The normalized spacial score (nSPS) is 10.8. The van der Waals surface area contributed by atoms with Crippen LogP contribution in [0, 0.1) is 6.92 Å². The highest BCUT2D eigenvalue weighted by molar-refractivity contribution is 7.99. The SMILES string of the molecule is CCn1nnnc1-c1cccc(NC(=O)CSc2n[nH]c(C)n2)c1. The summed E-state index contributed by atoms with van der Waals surface area (Å²) in [5.74, 6) is 1.49. The largest absolute Gasteiger partial charge is 0.325 e. The van der Waals surface area contributed by atoms with Crippen molar-refractivity contribution in [1.29, 1.82) is 0 Å². The summed E-state index contributed by atoms with van der Waals surface area (Å²) < 4.78 is 1.70. The van der Waals surface area contributed by atoms with Crippen LogP contribution in [0.2, 0.25) is 0 Å². The average Bonchev–Trinajstić information content (AvgIpc) is 3.21. The predicted molar refractivity (Wildman–Crippen MR) is 89.4 cm³/mol. The Morgan fingerprint density at radius 1 is 1.42 bits per heavy atom. The zero-order valence-electron chi connectivity index (χ0n) is 13.2. The maximum absolute atomic E-state index is 12.1. The van der Waals surface area contributed by atoms with E-state index in [1.807, 2.05) is 38.1 Å². The van der Waals surface area contributed by atoms with Gasteiger partial charge < -0.3 is 5.32 Å². The molecular weight excluding hydrogens is 328 g/mol. The number of rotatable bonds is 6. The van der Waals surface area contributed by atoms with E-state index in [-0.39, 0.29) is 11.7 Å². The third-order valence-electron chi connectivity index (χ3n) is 3.15. The van der Waals surface area contributed by atoms with E-state index >= 15 is 0 Å². The van der Waals surface area contributed by atoms with E-state index in [1.54, 1.807) is 4.68 Å². The minimum atomic E-state index is -0.130. The van der Waals surface area contributed by atoms with Gasteiger partial charge in [0.25, 0.3) is 0 Å². The van der Waals surface area contributed by atoms with Gasteiger partial charge in [0.1, 0.15) is 5.82 Å². The van der Waals surface area contributed by atoms with Crippen LogP contribution < -0.4 is 5.32 Å². The molecule has 0 atom stereocenters. The number of nitrogens with zero attached hydrogens (tertiary/aromatic N) is 6. The minimum absolute atomic E-state index is 0.130. The molecule has 0 spiro atoms. The van der Waals surface area contributed by atoms with Crippen molar-refractivity contribution in [3.63, 3.8) is 0 Å². The summed E-state index contributed by atoms with van der Waals surface area (Å²) in [4.78, 5) is 16.2. The molecule has 0 fully saturated rings. The molecule has 0 saturated heterocycles. The zero-order chi connectivity index (χ0) is 16.9. The smallest absolute Gasteiger partial charge is 0.234 e. The van der Waals surface area contributed by atoms with E-state index in [9.17, 15) is 4.79 Å². The summed E-state index contributed by atoms with van der Waals surface area (Å²) in [5, 5.41) is 21.8. The van der Waals surface area contributed by atoms with Crippen LogP contribution >= 0.6 is 11.8 Å². The maximum atomic E-state index is 12.1. The highest BCUT2D eigenvalue weighted by Crippen LogP contribution is 2.20. The topological polar surface area (TPSA) is 114 Å². The molecule has 10 heteroatoms. The number of amides is 1. The second-order valence-electron chi connectivity index (χ2n) is 4.94. The van der Waals surface area contributed by atoms with Crippen molar-refractivity contribution < 1.29 is 4.79 Å². The standard InChI is InChI=1S/C14H16N8OS/c1-3-22-13(18-20-21-22)10-5-4-6-11(7-10)16-12(23)8-24-14-15-9(2)17-19-14/h4-7H,3,8H2,1-2H3,(H,16,23)(H,15,17,19). The van der Waals surface area contributed by atoms with Crippen LogP contribution in [0.15, 0.2) is 29.4 Å². The van der Waals surface area contributed by atoms with Crippen LogP contribution in [0.25, 0.3) is 11.4 Å². The first-order chi connectivity index (χ1) is 11.7. The first kappa shape index (κ1) is 16.1. The minimum Gasteiger partial charge on any atom is -0.325 e.